The number of aryl methyl sites for hydroxylation is 2. The van der Waals surface area contributed by atoms with Crippen LogP contribution in [-0.2, 0) is 23.6 Å². The predicted octanol–water partition coefficient (Wildman–Crippen LogP) is 5.62. The molecule has 1 aromatic heterocycles. The van der Waals surface area contributed by atoms with Gasteiger partial charge in [0.2, 0.25) is 5.95 Å². The lowest BCUT2D eigenvalue weighted by atomic mass is 10.0. The molecular formula is C22H23ClN4OS. The van der Waals surface area contributed by atoms with E-state index in [9.17, 15) is 4.21 Å². The molecule has 0 spiro atoms. The average molecular weight is 427 g/mol. The Hall–Kier alpha value is -2.44. The molecule has 150 valence electrons. The fraction of sp³-hybridized carbons (Fsp3) is 0.273. The van der Waals surface area contributed by atoms with E-state index in [1.54, 1.807) is 12.5 Å². The van der Waals surface area contributed by atoms with E-state index in [4.69, 9.17) is 11.6 Å². The maximum Gasteiger partial charge on any atom is 0.229 e. The molecule has 3 aromatic rings. The Morgan fingerprint density at radius 3 is 2.62 bits per heavy atom. The zero-order chi connectivity index (χ0) is 20.2. The van der Waals surface area contributed by atoms with Crippen LogP contribution in [0.2, 0.25) is 5.02 Å². The van der Waals surface area contributed by atoms with Gasteiger partial charge in [-0.2, -0.15) is 4.98 Å². The van der Waals surface area contributed by atoms with Gasteiger partial charge >= 0.3 is 0 Å². The lowest BCUT2D eigenvalue weighted by Gasteiger charge is -2.13. The summed E-state index contributed by atoms with van der Waals surface area (Å²) in [6.07, 6.45) is 9.26. The van der Waals surface area contributed by atoms with Crippen LogP contribution in [0.1, 0.15) is 30.4 Å². The summed E-state index contributed by atoms with van der Waals surface area (Å²) in [6.45, 7) is 0. The van der Waals surface area contributed by atoms with Crippen molar-refractivity contribution in [3.05, 3.63) is 64.8 Å². The van der Waals surface area contributed by atoms with Crippen LogP contribution in [0.4, 0.5) is 23.1 Å². The minimum atomic E-state index is -1.13. The molecule has 5 nitrogen and oxygen atoms in total. The molecule has 2 N–H and O–H groups in total. The number of anilines is 4. The number of rotatable bonds is 5. The van der Waals surface area contributed by atoms with E-state index in [2.05, 4.69) is 38.8 Å². The molecular weight excluding hydrogens is 404 g/mol. The molecule has 0 aliphatic heterocycles. The third-order valence-electron chi connectivity index (χ3n) is 5.05. The van der Waals surface area contributed by atoms with Gasteiger partial charge in [0, 0.05) is 11.9 Å². The van der Waals surface area contributed by atoms with Crippen molar-refractivity contribution in [3.63, 3.8) is 0 Å². The van der Waals surface area contributed by atoms with Gasteiger partial charge < -0.3 is 10.6 Å². The summed E-state index contributed by atoms with van der Waals surface area (Å²) in [7, 11) is -1.13. The van der Waals surface area contributed by atoms with Gasteiger partial charge in [-0.1, -0.05) is 36.2 Å². The number of aromatic nitrogens is 2. The molecule has 2 aromatic carbocycles. The molecule has 1 aliphatic carbocycles. The average Bonchev–Trinajstić information content (AvgIpc) is 2.96. The maximum absolute atomic E-state index is 12.0. The smallest absolute Gasteiger partial charge is 0.229 e. The molecule has 1 heterocycles. The van der Waals surface area contributed by atoms with E-state index >= 15 is 0 Å². The normalized spacial score (nSPS) is 14.6. The van der Waals surface area contributed by atoms with Gasteiger partial charge in [-0.15, -0.1) is 0 Å². The minimum Gasteiger partial charge on any atom is -0.338 e. The first-order chi connectivity index (χ1) is 14.1. The van der Waals surface area contributed by atoms with Crippen LogP contribution in [-0.4, -0.2) is 20.4 Å². The Balaban J connectivity index is 1.58. The number of fused-ring (bicyclic) bond motifs is 1. The summed E-state index contributed by atoms with van der Waals surface area (Å²) in [5.74, 6) is 0.928. The zero-order valence-electron chi connectivity index (χ0n) is 16.2. The van der Waals surface area contributed by atoms with Gasteiger partial charge in [0.05, 0.1) is 27.6 Å². The molecule has 7 heteroatoms. The van der Waals surface area contributed by atoms with Crippen LogP contribution in [0.5, 0.6) is 0 Å². The van der Waals surface area contributed by atoms with Crippen molar-refractivity contribution in [2.24, 2.45) is 0 Å². The zero-order valence-corrected chi connectivity index (χ0v) is 17.8. The molecule has 0 amide bonds. The van der Waals surface area contributed by atoms with Crippen molar-refractivity contribution in [1.82, 2.24) is 9.97 Å². The quantitative estimate of drug-likeness (QED) is 0.518. The second-order valence-corrected chi connectivity index (χ2v) is 8.89. The van der Waals surface area contributed by atoms with Crippen molar-refractivity contribution in [3.8, 4) is 0 Å². The maximum atomic E-state index is 12.0. The first kappa shape index (κ1) is 19.9. The first-order valence-corrected chi connectivity index (χ1v) is 11.6. The molecule has 1 unspecified atom stereocenters. The van der Waals surface area contributed by atoms with Crippen LogP contribution < -0.4 is 10.6 Å². The predicted molar refractivity (Wildman–Crippen MR) is 120 cm³/mol. The van der Waals surface area contributed by atoms with Crippen molar-refractivity contribution in [2.75, 3.05) is 16.9 Å². The number of hydrogen-bond acceptors (Lipinski definition) is 5. The molecule has 0 fully saturated rings. The van der Waals surface area contributed by atoms with Gasteiger partial charge in [0.15, 0.2) is 5.82 Å². The van der Waals surface area contributed by atoms with Crippen molar-refractivity contribution >= 4 is 45.5 Å². The number of nitrogens with zero attached hydrogens (tertiary/aromatic N) is 2. The summed E-state index contributed by atoms with van der Waals surface area (Å²) in [6, 6.07) is 13.9. The van der Waals surface area contributed by atoms with Crippen molar-refractivity contribution < 1.29 is 4.21 Å². The van der Waals surface area contributed by atoms with Crippen LogP contribution in [0.25, 0.3) is 0 Å². The number of hydrogen-bond donors (Lipinski definition) is 2. The highest BCUT2D eigenvalue weighted by atomic mass is 35.5. The number of halogens is 1. The Kier molecular flexibility index (Phi) is 6.11. The third-order valence-corrected chi connectivity index (χ3v) is 6.30. The van der Waals surface area contributed by atoms with Crippen LogP contribution in [0, 0.1) is 0 Å². The van der Waals surface area contributed by atoms with Gasteiger partial charge in [-0.3, -0.25) is 4.21 Å². The first-order valence-electron chi connectivity index (χ1n) is 9.71. The second-order valence-electron chi connectivity index (χ2n) is 7.13. The Morgan fingerprint density at radius 1 is 1.00 bits per heavy atom. The highest BCUT2D eigenvalue weighted by Crippen LogP contribution is 2.29. The monoisotopic (exact) mass is 426 g/mol. The Labute approximate surface area is 178 Å². The molecule has 29 heavy (non-hydrogen) atoms. The lowest BCUT2D eigenvalue weighted by molar-refractivity contribution is 0.687. The van der Waals surface area contributed by atoms with E-state index in [0.29, 0.717) is 27.4 Å². The van der Waals surface area contributed by atoms with Gasteiger partial charge in [-0.05, 0) is 61.1 Å². The van der Waals surface area contributed by atoms with E-state index in [-0.39, 0.29) is 0 Å². The summed E-state index contributed by atoms with van der Waals surface area (Å²) in [4.78, 5) is 9.54. The lowest BCUT2D eigenvalue weighted by Crippen LogP contribution is -2.04. The number of para-hydroxylation sites is 1. The van der Waals surface area contributed by atoms with E-state index in [1.165, 1.54) is 30.4 Å². The molecule has 0 saturated carbocycles. The highest BCUT2D eigenvalue weighted by Gasteiger charge is 2.12. The van der Waals surface area contributed by atoms with Gasteiger partial charge in [0.1, 0.15) is 5.02 Å². The summed E-state index contributed by atoms with van der Waals surface area (Å²) >= 11 is 6.30. The summed E-state index contributed by atoms with van der Waals surface area (Å²) in [5.41, 5.74) is 4.52. The molecule has 4 rings (SSSR count). The Bertz CT molecular complexity index is 1060. The van der Waals surface area contributed by atoms with Crippen LogP contribution >= 0.6 is 11.6 Å². The fourth-order valence-corrected chi connectivity index (χ4v) is 4.42. The van der Waals surface area contributed by atoms with Gasteiger partial charge in [-0.25, -0.2) is 4.98 Å². The van der Waals surface area contributed by atoms with E-state index in [1.807, 2.05) is 24.3 Å². The molecule has 1 aliphatic rings. The fourth-order valence-electron chi connectivity index (χ4n) is 3.58. The summed E-state index contributed by atoms with van der Waals surface area (Å²) in [5, 5.41) is 6.87. The standard InChI is InChI=1S/C22H23ClN4OS/c1-29(28)20-10-6-5-9-19(20)26-21-18(23)14-24-22(27-21)25-17-12-11-15-7-3-2-4-8-16(15)13-17/h5-6,9-14H,2-4,7-8H2,1H3,(H2,24,25,26,27). The number of benzene rings is 2. The van der Waals surface area contributed by atoms with Crippen LogP contribution in [0.15, 0.2) is 53.6 Å². The summed E-state index contributed by atoms with van der Waals surface area (Å²) < 4.78 is 12.0. The second kappa shape index (κ2) is 8.93. The third kappa shape index (κ3) is 4.77. The highest BCUT2D eigenvalue weighted by molar-refractivity contribution is 7.84. The molecule has 0 saturated heterocycles. The molecule has 0 radical (unpaired) electrons. The number of nitrogens with one attached hydrogen (secondary N) is 2. The largest absolute Gasteiger partial charge is 0.338 e. The van der Waals surface area contributed by atoms with Gasteiger partial charge in [0.25, 0.3) is 0 Å². The van der Waals surface area contributed by atoms with Crippen LogP contribution in [0.3, 0.4) is 0 Å². The SMILES string of the molecule is CS(=O)c1ccccc1Nc1nc(Nc2ccc3c(c2)CCCCC3)ncc1Cl. The van der Waals surface area contributed by atoms with E-state index < -0.39 is 10.8 Å². The molecule has 0 bridgehead atoms. The Morgan fingerprint density at radius 2 is 1.79 bits per heavy atom. The van der Waals surface area contributed by atoms with Crippen molar-refractivity contribution in [2.45, 2.75) is 37.0 Å². The molecule has 1 atom stereocenters. The topological polar surface area (TPSA) is 66.9 Å². The van der Waals surface area contributed by atoms with E-state index in [0.717, 1.165) is 18.5 Å². The van der Waals surface area contributed by atoms with Crippen molar-refractivity contribution in [1.29, 1.82) is 0 Å². The minimum absolute atomic E-state index is 0.397.